The SMILES string of the molecule is CC(=O)NCC=Cc1cnn(-c2ccccc2)c1. The number of amides is 1. The van der Waals surface area contributed by atoms with E-state index in [9.17, 15) is 4.79 Å². The van der Waals surface area contributed by atoms with Crippen LogP contribution in [0.3, 0.4) is 0 Å². The Labute approximate surface area is 106 Å². The maximum absolute atomic E-state index is 10.7. The third-order valence-electron chi connectivity index (χ3n) is 2.40. The van der Waals surface area contributed by atoms with E-state index in [1.54, 1.807) is 6.20 Å². The Balaban J connectivity index is 2.00. The Bertz CT molecular complexity index is 543. The number of aromatic nitrogens is 2. The number of benzene rings is 1. The van der Waals surface area contributed by atoms with Crippen molar-refractivity contribution in [2.75, 3.05) is 6.54 Å². The van der Waals surface area contributed by atoms with Gasteiger partial charge >= 0.3 is 0 Å². The fraction of sp³-hybridized carbons (Fsp3) is 0.143. The molecule has 1 aromatic heterocycles. The summed E-state index contributed by atoms with van der Waals surface area (Å²) in [6.07, 6.45) is 7.56. The molecule has 2 rings (SSSR count). The van der Waals surface area contributed by atoms with E-state index in [1.807, 2.05) is 53.4 Å². The Kier molecular flexibility index (Phi) is 3.91. The molecule has 0 atom stereocenters. The lowest BCUT2D eigenvalue weighted by atomic mass is 10.3. The number of hydrogen-bond donors (Lipinski definition) is 1. The molecule has 4 heteroatoms. The molecule has 0 aliphatic heterocycles. The van der Waals surface area contributed by atoms with Crippen LogP contribution < -0.4 is 5.32 Å². The van der Waals surface area contributed by atoms with Gasteiger partial charge in [-0.1, -0.05) is 30.4 Å². The average molecular weight is 241 g/mol. The van der Waals surface area contributed by atoms with Crippen molar-refractivity contribution in [2.45, 2.75) is 6.92 Å². The van der Waals surface area contributed by atoms with Gasteiger partial charge in [0.1, 0.15) is 0 Å². The lowest BCUT2D eigenvalue weighted by Crippen LogP contribution is -2.19. The van der Waals surface area contributed by atoms with Crippen molar-refractivity contribution in [1.29, 1.82) is 0 Å². The molecule has 0 fully saturated rings. The zero-order chi connectivity index (χ0) is 12.8. The van der Waals surface area contributed by atoms with Crippen LogP contribution in [-0.2, 0) is 4.79 Å². The maximum Gasteiger partial charge on any atom is 0.217 e. The number of carbonyl (C=O) groups excluding carboxylic acids is 1. The lowest BCUT2D eigenvalue weighted by Gasteiger charge is -1.98. The van der Waals surface area contributed by atoms with E-state index in [2.05, 4.69) is 10.4 Å². The molecule has 4 nitrogen and oxygen atoms in total. The summed E-state index contributed by atoms with van der Waals surface area (Å²) in [5, 5.41) is 6.98. The number of hydrogen-bond acceptors (Lipinski definition) is 2. The van der Waals surface area contributed by atoms with Crippen LogP contribution in [0, 0.1) is 0 Å². The van der Waals surface area contributed by atoms with Crippen molar-refractivity contribution in [3.8, 4) is 5.69 Å². The summed E-state index contributed by atoms with van der Waals surface area (Å²) in [6.45, 7) is 2.03. The van der Waals surface area contributed by atoms with Gasteiger partial charge in [-0.05, 0) is 12.1 Å². The second-order valence-corrected chi connectivity index (χ2v) is 3.89. The number of rotatable bonds is 4. The van der Waals surface area contributed by atoms with Gasteiger partial charge in [0.25, 0.3) is 0 Å². The maximum atomic E-state index is 10.7. The molecule has 0 saturated heterocycles. The minimum atomic E-state index is -0.0281. The minimum absolute atomic E-state index is 0.0281. The molecule has 0 bridgehead atoms. The molecule has 0 unspecified atom stereocenters. The Morgan fingerprint density at radius 1 is 1.39 bits per heavy atom. The van der Waals surface area contributed by atoms with Gasteiger partial charge in [0, 0.05) is 25.2 Å². The van der Waals surface area contributed by atoms with Crippen molar-refractivity contribution in [1.82, 2.24) is 15.1 Å². The molecule has 1 N–H and O–H groups in total. The van der Waals surface area contributed by atoms with E-state index in [-0.39, 0.29) is 5.91 Å². The molecule has 0 spiro atoms. The molecule has 18 heavy (non-hydrogen) atoms. The smallest absolute Gasteiger partial charge is 0.217 e. The van der Waals surface area contributed by atoms with E-state index in [1.165, 1.54) is 6.92 Å². The van der Waals surface area contributed by atoms with Gasteiger partial charge in [-0.3, -0.25) is 4.79 Å². The number of nitrogens with zero attached hydrogens (tertiary/aromatic N) is 2. The van der Waals surface area contributed by atoms with E-state index >= 15 is 0 Å². The highest BCUT2D eigenvalue weighted by Crippen LogP contribution is 2.08. The van der Waals surface area contributed by atoms with Gasteiger partial charge in [-0.2, -0.15) is 5.10 Å². The summed E-state index contributed by atoms with van der Waals surface area (Å²) in [6, 6.07) is 9.92. The van der Waals surface area contributed by atoms with Gasteiger partial charge in [-0.15, -0.1) is 0 Å². The van der Waals surface area contributed by atoms with Crippen LogP contribution >= 0.6 is 0 Å². The first-order chi connectivity index (χ1) is 8.75. The fourth-order valence-corrected chi connectivity index (χ4v) is 1.54. The Morgan fingerprint density at radius 2 is 2.17 bits per heavy atom. The van der Waals surface area contributed by atoms with E-state index in [0.717, 1.165) is 11.3 Å². The van der Waals surface area contributed by atoms with Gasteiger partial charge in [0.15, 0.2) is 0 Å². The summed E-state index contributed by atoms with van der Waals surface area (Å²) in [7, 11) is 0. The van der Waals surface area contributed by atoms with Crippen molar-refractivity contribution in [2.24, 2.45) is 0 Å². The Hall–Kier alpha value is -2.36. The summed E-state index contributed by atoms with van der Waals surface area (Å²) < 4.78 is 1.82. The molecular weight excluding hydrogens is 226 g/mol. The third-order valence-corrected chi connectivity index (χ3v) is 2.40. The van der Waals surface area contributed by atoms with Crippen LogP contribution in [0.25, 0.3) is 11.8 Å². The highest BCUT2D eigenvalue weighted by Gasteiger charge is 1.97. The predicted octanol–water partition coefficient (Wildman–Crippen LogP) is 2.02. The number of para-hydroxylation sites is 1. The zero-order valence-electron chi connectivity index (χ0n) is 10.2. The normalized spacial score (nSPS) is 10.7. The standard InChI is InChI=1S/C14H15N3O/c1-12(18)15-9-5-6-13-10-16-17(11-13)14-7-3-2-4-8-14/h2-8,10-11H,9H2,1H3,(H,15,18). The van der Waals surface area contributed by atoms with Crippen molar-refractivity contribution in [3.63, 3.8) is 0 Å². The van der Waals surface area contributed by atoms with Gasteiger partial charge in [-0.25, -0.2) is 4.68 Å². The highest BCUT2D eigenvalue weighted by molar-refractivity contribution is 5.73. The van der Waals surface area contributed by atoms with Crippen LogP contribution in [-0.4, -0.2) is 22.2 Å². The predicted molar refractivity (Wildman–Crippen MR) is 71.3 cm³/mol. The monoisotopic (exact) mass is 241 g/mol. The largest absolute Gasteiger partial charge is 0.353 e. The van der Waals surface area contributed by atoms with Crippen molar-refractivity contribution in [3.05, 3.63) is 54.4 Å². The molecule has 2 aromatic rings. The van der Waals surface area contributed by atoms with Crippen LogP contribution in [0.5, 0.6) is 0 Å². The molecule has 92 valence electrons. The summed E-state index contributed by atoms with van der Waals surface area (Å²) in [5.74, 6) is -0.0281. The zero-order valence-corrected chi connectivity index (χ0v) is 10.2. The molecule has 1 heterocycles. The molecule has 0 aliphatic carbocycles. The first-order valence-corrected chi connectivity index (χ1v) is 5.77. The second-order valence-electron chi connectivity index (χ2n) is 3.89. The van der Waals surface area contributed by atoms with Crippen LogP contribution in [0.2, 0.25) is 0 Å². The molecule has 0 aliphatic rings. The first-order valence-electron chi connectivity index (χ1n) is 5.77. The van der Waals surface area contributed by atoms with Gasteiger partial charge in [0.2, 0.25) is 5.91 Å². The molecule has 1 aromatic carbocycles. The van der Waals surface area contributed by atoms with Crippen molar-refractivity contribution >= 4 is 12.0 Å². The van der Waals surface area contributed by atoms with Crippen LogP contribution in [0.1, 0.15) is 12.5 Å². The van der Waals surface area contributed by atoms with Crippen LogP contribution in [0.4, 0.5) is 0 Å². The van der Waals surface area contributed by atoms with Crippen molar-refractivity contribution < 1.29 is 4.79 Å². The summed E-state index contributed by atoms with van der Waals surface area (Å²) >= 11 is 0. The summed E-state index contributed by atoms with van der Waals surface area (Å²) in [5.41, 5.74) is 2.03. The van der Waals surface area contributed by atoms with E-state index < -0.39 is 0 Å². The lowest BCUT2D eigenvalue weighted by molar-refractivity contribution is -0.118. The molecular formula is C14H15N3O. The second kappa shape index (κ2) is 5.82. The number of nitrogens with one attached hydrogen (secondary N) is 1. The first kappa shape index (κ1) is 12.1. The van der Waals surface area contributed by atoms with E-state index in [0.29, 0.717) is 6.54 Å². The average Bonchev–Trinajstić information content (AvgIpc) is 2.84. The topological polar surface area (TPSA) is 46.9 Å². The van der Waals surface area contributed by atoms with Gasteiger partial charge < -0.3 is 5.32 Å². The third kappa shape index (κ3) is 3.31. The number of carbonyl (C=O) groups is 1. The highest BCUT2D eigenvalue weighted by atomic mass is 16.1. The molecule has 0 radical (unpaired) electrons. The fourth-order valence-electron chi connectivity index (χ4n) is 1.54. The van der Waals surface area contributed by atoms with Crippen LogP contribution in [0.15, 0.2) is 48.8 Å². The molecule has 1 amide bonds. The van der Waals surface area contributed by atoms with E-state index in [4.69, 9.17) is 0 Å². The van der Waals surface area contributed by atoms with Gasteiger partial charge in [0.05, 0.1) is 11.9 Å². The quantitative estimate of drug-likeness (QED) is 0.890. The molecule has 0 saturated carbocycles. The Morgan fingerprint density at radius 3 is 2.89 bits per heavy atom. The summed E-state index contributed by atoms with van der Waals surface area (Å²) in [4.78, 5) is 10.7. The minimum Gasteiger partial charge on any atom is -0.353 e.